The second-order valence-corrected chi connectivity index (χ2v) is 7.17. The Morgan fingerprint density at radius 3 is 2.72 bits per heavy atom. The zero-order chi connectivity index (χ0) is 19.8. The molecule has 2 N–H and O–H groups in total. The molecule has 1 aromatic carbocycles. The number of aryl methyl sites for hydroxylation is 3. The molecule has 1 atom stereocenters. The first-order valence-corrected chi connectivity index (χ1v) is 9.90. The number of halogens is 1. The van der Waals surface area contributed by atoms with Gasteiger partial charge in [0.25, 0.3) is 5.91 Å². The fourth-order valence-corrected chi connectivity index (χ4v) is 3.43. The number of hydrogen-bond donors (Lipinski definition) is 2. The number of carbonyl (C=O) groups excluding carboxylic acids is 1. The van der Waals surface area contributed by atoms with Crippen LogP contribution in [-0.2, 0) is 17.6 Å². The third-order valence-corrected chi connectivity index (χ3v) is 4.94. The highest BCUT2D eigenvalue weighted by Gasteiger charge is 2.18. The largest absolute Gasteiger partial charge is 0.427 e. The van der Waals surface area contributed by atoms with Crippen molar-refractivity contribution >= 4 is 18.3 Å². The summed E-state index contributed by atoms with van der Waals surface area (Å²) in [7, 11) is 0. The minimum Gasteiger partial charge on any atom is -0.427 e. The lowest BCUT2D eigenvalue weighted by molar-refractivity contribution is 0.0732. The van der Waals surface area contributed by atoms with E-state index in [0.717, 1.165) is 32.4 Å². The molecule has 1 amide bonds. The molecule has 7 heteroatoms. The van der Waals surface area contributed by atoms with Gasteiger partial charge in [-0.05, 0) is 43.4 Å². The van der Waals surface area contributed by atoms with Gasteiger partial charge in [0.05, 0.1) is 13.2 Å². The molecule has 0 aliphatic carbocycles. The van der Waals surface area contributed by atoms with Gasteiger partial charge in [0, 0.05) is 25.6 Å². The molecule has 29 heavy (non-hydrogen) atoms. The van der Waals surface area contributed by atoms with Gasteiger partial charge in [-0.2, -0.15) is 0 Å². The number of hydrogen-bond acceptors (Lipinski definition) is 5. The first-order valence-electron chi connectivity index (χ1n) is 9.90. The number of nitrogens with one attached hydrogen (secondary N) is 2. The van der Waals surface area contributed by atoms with Crippen molar-refractivity contribution in [3.63, 3.8) is 0 Å². The third kappa shape index (κ3) is 6.99. The van der Waals surface area contributed by atoms with Crippen LogP contribution in [0.5, 0.6) is 0 Å². The summed E-state index contributed by atoms with van der Waals surface area (Å²) in [6.45, 7) is 4.46. The summed E-state index contributed by atoms with van der Waals surface area (Å²) in [5.74, 6) is 0.248. The molecule has 1 aliphatic rings. The van der Waals surface area contributed by atoms with E-state index in [0.29, 0.717) is 30.9 Å². The van der Waals surface area contributed by atoms with Gasteiger partial charge in [0.1, 0.15) is 11.3 Å². The summed E-state index contributed by atoms with van der Waals surface area (Å²) in [6.07, 6.45) is 3.23. The average molecular weight is 421 g/mol. The average Bonchev–Trinajstić information content (AvgIpc) is 2.69. The minimum atomic E-state index is -0.564. The van der Waals surface area contributed by atoms with Crippen molar-refractivity contribution in [3.05, 3.63) is 69.3 Å². The zero-order valence-electron chi connectivity index (χ0n) is 16.7. The Bertz CT molecular complexity index is 832. The lowest BCUT2D eigenvalue weighted by atomic mass is 10.1. The lowest BCUT2D eigenvalue weighted by Gasteiger charge is -2.23. The smallest absolute Gasteiger partial charge is 0.349 e. The van der Waals surface area contributed by atoms with Gasteiger partial charge in [-0.1, -0.05) is 30.3 Å². The Morgan fingerprint density at radius 1 is 1.24 bits per heavy atom. The Hall–Kier alpha value is -2.15. The first-order chi connectivity index (χ1) is 13.6. The summed E-state index contributed by atoms with van der Waals surface area (Å²) in [6, 6.07) is 12.2. The van der Waals surface area contributed by atoms with E-state index in [4.69, 9.17) is 9.15 Å². The van der Waals surface area contributed by atoms with E-state index < -0.39 is 5.63 Å². The van der Waals surface area contributed by atoms with E-state index in [-0.39, 0.29) is 29.9 Å². The molecule has 1 unspecified atom stereocenters. The van der Waals surface area contributed by atoms with Crippen molar-refractivity contribution in [2.75, 3.05) is 26.3 Å². The van der Waals surface area contributed by atoms with Gasteiger partial charge < -0.3 is 19.8 Å². The highest BCUT2D eigenvalue weighted by molar-refractivity contribution is 5.95. The van der Waals surface area contributed by atoms with Crippen LogP contribution in [0.25, 0.3) is 0 Å². The fourth-order valence-electron chi connectivity index (χ4n) is 3.43. The van der Waals surface area contributed by atoms with Gasteiger partial charge in [-0.3, -0.25) is 4.79 Å². The number of rotatable bonds is 8. The Balaban J connectivity index is 0.00000300. The van der Waals surface area contributed by atoms with E-state index in [1.54, 1.807) is 13.0 Å². The normalized spacial score (nSPS) is 16.1. The van der Waals surface area contributed by atoms with Crippen LogP contribution in [0.15, 0.2) is 45.6 Å². The molecule has 0 spiro atoms. The van der Waals surface area contributed by atoms with Crippen LogP contribution in [0.1, 0.15) is 40.1 Å². The molecule has 0 saturated carbocycles. The van der Waals surface area contributed by atoms with Crippen molar-refractivity contribution in [2.45, 2.75) is 38.6 Å². The monoisotopic (exact) mass is 420 g/mol. The molecule has 0 radical (unpaired) electrons. The van der Waals surface area contributed by atoms with Crippen LogP contribution in [-0.4, -0.2) is 38.3 Å². The van der Waals surface area contributed by atoms with Crippen LogP contribution in [0.2, 0.25) is 0 Å². The Morgan fingerprint density at radius 2 is 2.03 bits per heavy atom. The standard InChI is InChI=1S/C22H28N2O4.ClH/c1-16-14-19(9-5-8-17-6-3-2-4-7-17)28-22(26)20(16)21(25)24-11-10-18-15-27-13-12-23-18;/h2-4,6-7,14,18,23H,5,8-13,15H2,1H3,(H,24,25);1H. The van der Waals surface area contributed by atoms with E-state index in [2.05, 4.69) is 22.8 Å². The van der Waals surface area contributed by atoms with Crippen molar-refractivity contribution in [1.29, 1.82) is 0 Å². The molecule has 0 bridgehead atoms. The predicted molar refractivity (Wildman–Crippen MR) is 115 cm³/mol. The van der Waals surface area contributed by atoms with Gasteiger partial charge >= 0.3 is 5.63 Å². The van der Waals surface area contributed by atoms with E-state index in [1.165, 1.54) is 5.56 Å². The molecule has 1 aliphatic heterocycles. The first kappa shape index (κ1) is 23.1. The van der Waals surface area contributed by atoms with Gasteiger partial charge in [0.2, 0.25) is 0 Å². The van der Waals surface area contributed by atoms with E-state index in [9.17, 15) is 9.59 Å². The molecular formula is C22H29ClN2O4. The van der Waals surface area contributed by atoms with Gasteiger partial charge in [0.15, 0.2) is 0 Å². The van der Waals surface area contributed by atoms with E-state index >= 15 is 0 Å². The maximum atomic E-state index is 12.4. The van der Waals surface area contributed by atoms with Crippen molar-refractivity contribution in [3.8, 4) is 0 Å². The summed E-state index contributed by atoms with van der Waals surface area (Å²) >= 11 is 0. The summed E-state index contributed by atoms with van der Waals surface area (Å²) < 4.78 is 10.8. The molecule has 6 nitrogen and oxygen atoms in total. The topological polar surface area (TPSA) is 80.6 Å². The number of ether oxygens (including phenoxy) is 1. The van der Waals surface area contributed by atoms with Crippen LogP contribution in [0.4, 0.5) is 0 Å². The molecule has 158 valence electrons. The fraction of sp³-hybridized carbons (Fsp3) is 0.455. The minimum absolute atomic E-state index is 0. The van der Waals surface area contributed by atoms with E-state index in [1.807, 2.05) is 18.2 Å². The highest BCUT2D eigenvalue weighted by Crippen LogP contribution is 2.11. The van der Waals surface area contributed by atoms with Crippen molar-refractivity contribution in [1.82, 2.24) is 10.6 Å². The molecule has 1 saturated heterocycles. The molecule has 1 aromatic heterocycles. The second kappa shape index (κ2) is 11.8. The van der Waals surface area contributed by atoms with Crippen LogP contribution >= 0.6 is 12.4 Å². The Labute approximate surface area is 177 Å². The number of carbonyl (C=O) groups is 1. The molecular weight excluding hydrogens is 392 g/mol. The van der Waals surface area contributed by atoms with Gasteiger partial charge in [-0.15, -0.1) is 12.4 Å². The molecule has 1 fully saturated rings. The predicted octanol–water partition coefficient (Wildman–Crippen LogP) is 2.65. The SMILES string of the molecule is Cc1cc(CCCc2ccccc2)oc(=O)c1C(=O)NCCC1COCCN1.Cl. The summed E-state index contributed by atoms with van der Waals surface area (Å²) in [5.41, 5.74) is 1.45. The molecule has 3 rings (SSSR count). The zero-order valence-corrected chi connectivity index (χ0v) is 17.6. The Kier molecular flexibility index (Phi) is 9.38. The summed E-state index contributed by atoms with van der Waals surface area (Å²) in [5, 5.41) is 6.16. The number of amides is 1. The van der Waals surface area contributed by atoms with Crippen LogP contribution in [0.3, 0.4) is 0 Å². The summed E-state index contributed by atoms with van der Waals surface area (Å²) in [4.78, 5) is 24.8. The maximum absolute atomic E-state index is 12.4. The quantitative estimate of drug-likeness (QED) is 0.686. The number of morpholine rings is 1. The van der Waals surface area contributed by atoms with Crippen LogP contribution < -0.4 is 16.3 Å². The van der Waals surface area contributed by atoms with Crippen molar-refractivity contribution in [2.24, 2.45) is 0 Å². The van der Waals surface area contributed by atoms with Gasteiger partial charge in [-0.25, -0.2) is 4.79 Å². The molecule has 2 aromatic rings. The second-order valence-electron chi connectivity index (χ2n) is 7.17. The number of benzene rings is 1. The molecule has 2 heterocycles. The maximum Gasteiger partial charge on any atom is 0.349 e. The van der Waals surface area contributed by atoms with Crippen molar-refractivity contribution < 1.29 is 13.9 Å². The highest BCUT2D eigenvalue weighted by atomic mass is 35.5. The van der Waals surface area contributed by atoms with Crippen LogP contribution in [0, 0.1) is 6.92 Å². The third-order valence-electron chi connectivity index (χ3n) is 4.94. The lowest BCUT2D eigenvalue weighted by Crippen LogP contribution is -2.43.